The zero-order valence-electron chi connectivity index (χ0n) is 18.7. The number of ether oxygens (including phenoxy) is 2. The van der Waals surface area contributed by atoms with E-state index >= 15 is 0 Å². The van der Waals surface area contributed by atoms with E-state index < -0.39 is 34.7 Å². The van der Waals surface area contributed by atoms with Crippen LogP contribution < -0.4 is 4.90 Å². The number of rotatable bonds is 2. The van der Waals surface area contributed by atoms with Crippen LogP contribution in [0.4, 0.5) is 10.5 Å². The molecule has 2 aliphatic heterocycles. The van der Waals surface area contributed by atoms with Crippen LogP contribution in [0, 0.1) is 5.41 Å². The van der Waals surface area contributed by atoms with Crippen LogP contribution in [0.5, 0.6) is 0 Å². The van der Waals surface area contributed by atoms with Crippen molar-refractivity contribution in [1.82, 2.24) is 4.90 Å². The van der Waals surface area contributed by atoms with Gasteiger partial charge in [0.15, 0.2) is 0 Å². The molecule has 2 amide bonds. The van der Waals surface area contributed by atoms with Gasteiger partial charge in [0.05, 0.1) is 0 Å². The molecular formula is C23H32N2O5. The fourth-order valence-electron chi connectivity index (χ4n) is 4.13. The molecule has 0 aromatic heterocycles. The molecule has 164 valence electrons. The van der Waals surface area contributed by atoms with Gasteiger partial charge in [0.1, 0.15) is 17.2 Å². The fourth-order valence-corrected chi connectivity index (χ4v) is 4.13. The molecular weight excluding hydrogens is 384 g/mol. The van der Waals surface area contributed by atoms with E-state index in [0.29, 0.717) is 13.0 Å². The second-order valence-corrected chi connectivity index (χ2v) is 10.4. The zero-order chi connectivity index (χ0) is 22.3. The predicted molar refractivity (Wildman–Crippen MR) is 113 cm³/mol. The van der Waals surface area contributed by atoms with Gasteiger partial charge in [-0.2, -0.15) is 0 Å². The van der Waals surface area contributed by atoms with E-state index in [-0.39, 0.29) is 18.9 Å². The molecule has 1 spiro atoms. The Balaban J connectivity index is 1.86. The lowest BCUT2D eigenvalue weighted by atomic mass is 9.84. The molecule has 2 saturated heterocycles. The minimum atomic E-state index is -0.775. The Morgan fingerprint density at radius 3 is 2.13 bits per heavy atom. The number of hydrogen-bond donors (Lipinski definition) is 0. The van der Waals surface area contributed by atoms with E-state index in [9.17, 15) is 14.4 Å². The lowest BCUT2D eigenvalue weighted by Gasteiger charge is -2.29. The first-order valence-corrected chi connectivity index (χ1v) is 10.4. The van der Waals surface area contributed by atoms with E-state index in [1.807, 2.05) is 30.3 Å². The van der Waals surface area contributed by atoms with Crippen LogP contribution in [-0.4, -0.2) is 53.2 Å². The minimum Gasteiger partial charge on any atom is -0.458 e. The standard InChI is InChI=1S/C23H32N2O5/c1-21(2,3)29-19(27)17-12-23(15-25(17)20(28)30-22(4,5)6)13-18(26)24(14-23)16-10-8-7-9-11-16/h7-11,17H,12-15H2,1-6H3/t17-,23?/m0/s1. The summed E-state index contributed by atoms with van der Waals surface area (Å²) in [5, 5.41) is 0. The van der Waals surface area contributed by atoms with Gasteiger partial charge in [-0.25, -0.2) is 9.59 Å². The van der Waals surface area contributed by atoms with Crippen LogP contribution >= 0.6 is 0 Å². The van der Waals surface area contributed by atoms with Crippen molar-refractivity contribution >= 4 is 23.7 Å². The van der Waals surface area contributed by atoms with Crippen molar-refractivity contribution in [3.63, 3.8) is 0 Å². The summed E-state index contributed by atoms with van der Waals surface area (Å²) in [7, 11) is 0. The number of esters is 1. The Labute approximate surface area is 178 Å². The van der Waals surface area contributed by atoms with E-state index in [4.69, 9.17) is 9.47 Å². The number of para-hydroxylation sites is 1. The van der Waals surface area contributed by atoms with Gasteiger partial charge in [-0.1, -0.05) is 18.2 Å². The van der Waals surface area contributed by atoms with Crippen molar-refractivity contribution in [3.8, 4) is 0 Å². The van der Waals surface area contributed by atoms with Crippen molar-refractivity contribution in [2.75, 3.05) is 18.0 Å². The third-order valence-electron chi connectivity index (χ3n) is 5.20. The van der Waals surface area contributed by atoms with Gasteiger partial charge in [-0.3, -0.25) is 9.69 Å². The van der Waals surface area contributed by atoms with Crippen molar-refractivity contribution in [2.45, 2.75) is 71.6 Å². The highest BCUT2D eigenvalue weighted by Crippen LogP contribution is 2.45. The summed E-state index contributed by atoms with van der Waals surface area (Å²) in [4.78, 5) is 41.9. The van der Waals surface area contributed by atoms with Crippen LogP contribution in [0.2, 0.25) is 0 Å². The van der Waals surface area contributed by atoms with Crippen molar-refractivity contribution in [1.29, 1.82) is 0 Å². The van der Waals surface area contributed by atoms with Gasteiger partial charge in [0.2, 0.25) is 5.91 Å². The van der Waals surface area contributed by atoms with Gasteiger partial charge in [0, 0.05) is 30.6 Å². The normalized spacial score (nSPS) is 24.5. The molecule has 3 rings (SSSR count). The lowest BCUT2D eigenvalue weighted by molar-refractivity contribution is -0.160. The smallest absolute Gasteiger partial charge is 0.411 e. The number of benzene rings is 1. The van der Waals surface area contributed by atoms with Crippen LogP contribution in [0.3, 0.4) is 0 Å². The number of anilines is 1. The van der Waals surface area contributed by atoms with E-state index in [0.717, 1.165) is 5.69 Å². The number of carbonyl (C=O) groups is 3. The summed E-state index contributed by atoms with van der Waals surface area (Å²) in [6, 6.07) is 8.68. The summed E-state index contributed by atoms with van der Waals surface area (Å²) in [5.74, 6) is -0.467. The molecule has 0 saturated carbocycles. The van der Waals surface area contributed by atoms with Gasteiger partial charge in [0.25, 0.3) is 0 Å². The van der Waals surface area contributed by atoms with Crippen molar-refractivity contribution < 1.29 is 23.9 Å². The average molecular weight is 417 g/mol. The summed E-state index contributed by atoms with van der Waals surface area (Å²) < 4.78 is 11.1. The first-order chi connectivity index (χ1) is 13.8. The summed E-state index contributed by atoms with van der Waals surface area (Å²) >= 11 is 0. The Morgan fingerprint density at radius 2 is 1.57 bits per heavy atom. The average Bonchev–Trinajstić information content (AvgIpc) is 3.13. The minimum absolute atomic E-state index is 0.00447. The van der Waals surface area contributed by atoms with Gasteiger partial charge < -0.3 is 14.4 Å². The molecule has 1 aromatic rings. The molecule has 2 heterocycles. The number of likely N-dealkylation sites (tertiary alicyclic amines) is 1. The maximum atomic E-state index is 12.9. The molecule has 7 heteroatoms. The number of hydrogen-bond acceptors (Lipinski definition) is 5. The van der Waals surface area contributed by atoms with Crippen LogP contribution in [0.25, 0.3) is 0 Å². The predicted octanol–water partition coefficient (Wildman–Crippen LogP) is 3.76. The summed E-state index contributed by atoms with van der Waals surface area (Å²) in [6.07, 6.45) is 0.0947. The highest BCUT2D eigenvalue weighted by Gasteiger charge is 2.56. The fraction of sp³-hybridized carbons (Fsp3) is 0.609. The Kier molecular flexibility index (Phi) is 5.60. The Bertz CT molecular complexity index is 786. The van der Waals surface area contributed by atoms with E-state index in [1.165, 1.54) is 4.90 Å². The van der Waals surface area contributed by atoms with Crippen LogP contribution in [-0.2, 0) is 19.1 Å². The molecule has 1 aromatic carbocycles. The molecule has 2 atom stereocenters. The quantitative estimate of drug-likeness (QED) is 0.686. The second kappa shape index (κ2) is 7.60. The molecule has 2 fully saturated rings. The number of nitrogens with zero attached hydrogens (tertiary/aromatic N) is 2. The third kappa shape index (κ3) is 4.94. The van der Waals surface area contributed by atoms with Gasteiger partial charge >= 0.3 is 12.1 Å². The Morgan fingerprint density at radius 1 is 0.967 bits per heavy atom. The van der Waals surface area contributed by atoms with E-state index in [1.54, 1.807) is 46.4 Å². The van der Waals surface area contributed by atoms with Gasteiger partial charge in [-0.15, -0.1) is 0 Å². The molecule has 0 bridgehead atoms. The summed E-state index contributed by atoms with van der Waals surface area (Å²) in [6.45, 7) is 11.5. The highest BCUT2D eigenvalue weighted by atomic mass is 16.6. The Hall–Kier alpha value is -2.57. The molecule has 0 radical (unpaired) electrons. The summed E-state index contributed by atoms with van der Waals surface area (Å²) in [5.41, 5.74) is -1.05. The molecule has 7 nitrogen and oxygen atoms in total. The van der Waals surface area contributed by atoms with Crippen LogP contribution in [0.15, 0.2) is 30.3 Å². The maximum Gasteiger partial charge on any atom is 0.411 e. The molecule has 0 aliphatic carbocycles. The molecule has 30 heavy (non-hydrogen) atoms. The van der Waals surface area contributed by atoms with Crippen molar-refractivity contribution in [3.05, 3.63) is 30.3 Å². The zero-order valence-corrected chi connectivity index (χ0v) is 18.7. The SMILES string of the molecule is CC(C)(C)OC(=O)[C@@H]1CC2(CC(=O)N(c3ccccc3)C2)CN1C(=O)OC(C)(C)C. The molecule has 1 unspecified atom stereocenters. The topological polar surface area (TPSA) is 76.2 Å². The largest absolute Gasteiger partial charge is 0.458 e. The first-order valence-electron chi connectivity index (χ1n) is 10.4. The number of carbonyl (C=O) groups excluding carboxylic acids is 3. The molecule has 0 N–H and O–H groups in total. The van der Waals surface area contributed by atoms with E-state index in [2.05, 4.69) is 0 Å². The maximum absolute atomic E-state index is 12.9. The van der Waals surface area contributed by atoms with Crippen LogP contribution in [0.1, 0.15) is 54.4 Å². The highest BCUT2D eigenvalue weighted by molar-refractivity contribution is 5.97. The number of amides is 2. The molecule has 2 aliphatic rings. The van der Waals surface area contributed by atoms with Gasteiger partial charge in [-0.05, 0) is 60.1 Å². The second-order valence-electron chi connectivity index (χ2n) is 10.4. The third-order valence-corrected chi connectivity index (χ3v) is 5.20. The lowest BCUT2D eigenvalue weighted by Crippen LogP contribution is -2.45. The van der Waals surface area contributed by atoms with Crippen molar-refractivity contribution in [2.24, 2.45) is 5.41 Å². The monoisotopic (exact) mass is 416 g/mol. The first kappa shape index (κ1) is 22.1.